The van der Waals surface area contributed by atoms with Gasteiger partial charge in [0.25, 0.3) is 15.9 Å². The molecule has 0 bridgehead atoms. The van der Waals surface area contributed by atoms with E-state index in [0.29, 0.717) is 10.6 Å². The van der Waals surface area contributed by atoms with Crippen LogP contribution < -0.4 is 10.0 Å². The summed E-state index contributed by atoms with van der Waals surface area (Å²) in [6.07, 6.45) is 3.60. The standard InChI is InChI=1S/C29H28N2O5S2/c1-3-36-29(33)26-22-10-6-7-11-25(22)37-28(26)30-27(32)23-16-19-8-4-5-9-20(19)17-24(23)31-38(34,35)21-14-12-18(2)13-15-21/h4-5,8-9,12-17,31H,3,6-7,10-11H2,1-2H3,(H,30,32). The number of anilines is 2. The van der Waals surface area contributed by atoms with Gasteiger partial charge >= 0.3 is 5.97 Å². The number of thiophene rings is 1. The first-order valence-electron chi connectivity index (χ1n) is 12.5. The van der Waals surface area contributed by atoms with Gasteiger partial charge in [0, 0.05) is 4.88 Å². The van der Waals surface area contributed by atoms with Gasteiger partial charge in [-0.2, -0.15) is 0 Å². The zero-order chi connectivity index (χ0) is 26.9. The fourth-order valence-electron chi connectivity index (χ4n) is 4.68. The number of carbonyl (C=O) groups excluding carboxylic acids is 2. The molecule has 2 N–H and O–H groups in total. The number of aryl methyl sites for hydroxylation is 2. The smallest absolute Gasteiger partial charge is 0.341 e. The van der Waals surface area contributed by atoms with Crippen molar-refractivity contribution in [1.29, 1.82) is 0 Å². The van der Waals surface area contributed by atoms with Crippen molar-refractivity contribution in [3.8, 4) is 0 Å². The molecular formula is C29H28N2O5S2. The number of esters is 1. The van der Waals surface area contributed by atoms with E-state index in [1.165, 1.54) is 23.5 Å². The molecular weight excluding hydrogens is 520 g/mol. The predicted molar refractivity (Wildman–Crippen MR) is 151 cm³/mol. The molecule has 0 atom stereocenters. The normalized spacial score (nSPS) is 13.1. The first kappa shape index (κ1) is 25.9. The van der Waals surface area contributed by atoms with Crippen LogP contribution in [0, 0.1) is 6.92 Å². The molecule has 1 aromatic heterocycles. The summed E-state index contributed by atoms with van der Waals surface area (Å²) in [7, 11) is -3.96. The summed E-state index contributed by atoms with van der Waals surface area (Å²) in [4.78, 5) is 27.7. The van der Waals surface area contributed by atoms with Gasteiger partial charge in [0.15, 0.2) is 0 Å². The summed E-state index contributed by atoms with van der Waals surface area (Å²) >= 11 is 1.39. The van der Waals surface area contributed by atoms with Crippen LogP contribution in [0.1, 0.15) is 56.5 Å². The van der Waals surface area contributed by atoms with Crippen molar-refractivity contribution in [3.05, 3.63) is 87.8 Å². The number of carbonyl (C=O) groups is 2. The van der Waals surface area contributed by atoms with Crippen molar-refractivity contribution < 1.29 is 22.7 Å². The topological polar surface area (TPSA) is 102 Å². The Kier molecular flexibility index (Phi) is 7.23. The highest BCUT2D eigenvalue weighted by atomic mass is 32.2. The Labute approximate surface area is 225 Å². The first-order valence-corrected chi connectivity index (χ1v) is 14.8. The first-order chi connectivity index (χ1) is 18.3. The Bertz CT molecular complexity index is 1640. The van der Waals surface area contributed by atoms with Crippen LogP contribution >= 0.6 is 11.3 Å². The van der Waals surface area contributed by atoms with Gasteiger partial charge in [-0.1, -0.05) is 42.0 Å². The summed E-state index contributed by atoms with van der Waals surface area (Å²) in [6, 6.07) is 17.2. The molecule has 0 unspecified atom stereocenters. The second-order valence-electron chi connectivity index (χ2n) is 9.25. The van der Waals surface area contributed by atoms with Gasteiger partial charge in [0.05, 0.1) is 28.3 Å². The molecule has 1 heterocycles. The molecule has 3 aromatic carbocycles. The monoisotopic (exact) mass is 548 g/mol. The van der Waals surface area contributed by atoms with Crippen molar-refractivity contribution in [2.24, 2.45) is 0 Å². The zero-order valence-electron chi connectivity index (χ0n) is 21.2. The summed E-state index contributed by atoms with van der Waals surface area (Å²) in [5.74, 6) is -0.970. The van der Waals surface area contributed by atoms with Crippen LogP contribution in [0.4, 0.5) is 10.7 Å². The number of amides is 1. The van der Waals surface area contributed by atoms with E-state index in [9.17, 15) is 18.0 Å². The Morgan fingerprint density at radius 3 is 2.37 bits per heavy atom. The van der Waals surface area contributed by atoms with Crippen LogP contribution in [0.3, 0.4) is 0 Å². The van der Waals surface area contributed by atoms with Crippen LogP contribution in [0.2, 0.25) is 0 Å². The Morgan fingerprint density at radius 2 is 1.66 bits per heavy atom. The Hall–Kier alpha value is -3.69. The summed E-state index contributed by atoms with van der Waals surface area (Å²) in [5, 5.41) is 4.90. The average molecular weight is 549 g/mol. The molecule has 5 rings (SSSR count). The lowest BCUT2D eigenvalue weighted by Crippen LogP contribution is -2.19. The Balaban J connectivity index is 1.55. The van der Waals surface area contributed by atoms with Crippen molar-refractivity contribution in [2.75, 3.05) is 16.6 Å². The van der Waals surface area contributed by atoms with Crippen LogP contribution in [-0.2, 0) is 27.6 Å². The quantitative estimate of drug-likeness (QED) is 0.263. The molecule has 9 heteroatoms. The summed E-state index contributed by atoms with van der Waals surface area (Å²) < 4.78 is 34.4. The van der Waals surface area contributed by atoms with E-state index in [1.807, 2.05) is 31.2 Å². The highest BCUT2D eigenvalue weighted by molar-refractivity contribution is 7.92. The lowest BCUT2D eigenvalue weighted by Gasteiger charge is -2.15. The van der Waals surface area contributed by atoms with Crippen LogP contribution in [0.5, 0.6) is 0 Å². The Morgan fingerprint density at radius 1 is 0.974 bits per heavy atom. The van der Waals surface area contributed by atoms with Crippen LogP contribution in [0.15, 0.2) is 65.6 Å². The molecule has 38 heavy (non-hydrogen) atoms. The fraction of sp³-hybridized carbons (Fsp3) is 0.241. The second kappa shape index (κ2) is 10.6. The maximum absolute atomic E-state index is 13.7. The molecule has 1 aliphatic rings. The van der Waals surface area contributed by atoms with E-state index >= 15 is 0 Å². The van der Waals surface area contributed by atoms with Crippen molar-refractivity contribution in [3.63, 3.8) is 0 Å². The van der Waals surface area contributed by atoms with Gasteiger partial charge in [0.2, 0.25) is 0 Å². The van der Waals surface area contributed by atoms with Crippen LogP contribution in [0.25, 0.3) is 10.8 Å². The number of fused-ring (bicyclic) bond motifs is 2. The number of hydrogen-bond acceptors (Lipinski definition) is 6. The lowest BCUT2D eigenvalue weighted by atomic mass is 9.95. The molecule has 0 saturated heterocycles. The molecule has 1 aliphatic carbocycles. The third-order valence-corrected chi connectivity index (χ3v) is 9.17. The van der Waals surface area contributed by atoms with Crippen LogP contribution in [-0.4, -0.2) is 26.9 Å². The largest absolute Gasteiger partial charge is 0.462 e. The van der Waals surface area contributed by atoms with Crippen molar-refractivity contribution in [2.45, 2.75) is 44.4 Å². The van der Waals surface area contributed by atoms with E-state index in [2.05, 4.69) is 10.0 Å². The average Bonchev–Trinajstić information content (AvgIpc) is 3.26. The second-order valence-corrected chi connectivity index (χ2v) is 12.0. The molecule has 0 saturated carbocycles. The third kappa shape index (κ3) is 5.16. The number of sulfonamides is 1. The van der Waals surface area contributed by atoms with Gasteiger partial charge < -0.3 is 10.1 Å². The summed E-state index contributed by atoms with van der Waals surface area (Å²) in [5.41, 5.74) is 2.59. The van der Waals surface area contributed by atoms with Gasteiger partial charge in [-0.3, -0.25) is 9.52 Å². The SMILES string of the molecule is CCOC(=O)c1c(NC(=O)c2cc3ccccc3cc2NS(=O)(=O)c2ccc(C)cc2)sc2c1CCCC2. The van der Waals surface area contributed by atoms with Gasteiger partial charge in [-0.15, -0.1) is 11.3 Å². The van der Waals surface area contributed by atoms with Crippen molar-refractivity contribution in [1.82, 2.24) is 0 Å². The lowest BCUT2D eigenvalue weighted by molar-refractivity contribution is 0.0526. The van der Waals surface area contributed by atoms with E-state index < -0.39 is 21.9 Å². The fourth-order valence-corrected chi connectivity index (χ4v) is 7.02. The number of rotatable bonds is 7. The number of nitrogens with one attached hydrogen (secondary N) is 2. The molecule has 0 spiro atoms. The predicted octanol–water partition coefficient (Wildman–Crippen LogP) is 6.32. The molecule has 0 fully saturated rings. The van der Waals surface area contributed by atoms with E-state index in [0.717, 1.165) is 52.5 Å². The highest BCUT2D eigenvalue weighted by Crippen LogP contribution is 2.39. The van der Waals surface area contributed by atoms with Gasteiger partial charge in [-0.05, 0) is 80.1 Å². The molecule has 4 aromatic rings. The minimum Gasteiger partial charge on any atom is -0.462 e. The molecule has 7 nitrogen and oxygen atoms in total. The number of hydrogen-bond donors (Lipinski definition) is 2. The van der Waals surface area contributed by atoms with E-state index in [1.54, 1.807) is 31.2 Å². The molecule has 0 radical (unpaired) electrons. The zero-order valence-corrected chi connectivity index (χ0v) is 22.8. The third-order valence-electron chi connectivity index (χ3n) is 6.58. The maximum atomic E-state index is 13.7. The molecule has 0 aliphatic heterocycles. The molecule has 1 amide bonds. The van der Waals surface area contributed by atoms with E-state index in [-0.39, 0.29) is 22.8 Å². The molecule has 196 valence electrons. The van der Waals surface area contributed by atoms with Gasteiger partial charge in [0.1, 0.15) is 5.00 Å². The van der Waals surface area contributed by atoms with Crippen molar-refractivity contribution >= 4 is 54.7 Å². The number of benzene rings is 3. The van der Waals surface area contributed by atoms with E-state index in [4.69, 9.17) is 4.74 Å². The minimum atomic E-state index is -3.96. The number of ether oxygens (including phenoxy) is 1. The highest BCUT2D eigenvalue weighted by Gasteiger charge is 2.28. The minimum absolute atomic E-state index is 0.0955. The maximum Gasteiger partial charge on any atom is 0.341 e. The van der Waals surface area contributed by atoms with Gasteiger partial charge in [-0.25, -0.2) is 13.2 Å². The summed E-state index contributed by atoms with van der Waals surface area (Å²) in [6.45, 7) is 3.85.